The highest BCUT2D eigenvalue weighted by molar-refractivity contribution is 7.89. The van der Waals surface area contributed by atoms with Crippen LogP contribution < -0.4 is 4.72 Å². The lowest BCUT2D eigenvalue weighted by Gasteiger charge is -2.22. The maximum atomic E-state index is 12.8. The Morgan fingerprint density at radius 3 is 2.61 bits per heavy atom. The Morgan fingerprint density at radius 2 is 1.90 bits per heavy atom. The first-order chi connectivity index (χ1) is 14.8. The van der Waals surface area contributed by atoms with Gasteiger partial charge in [0.05, 0.1) is 11.4 Å². The van der Waals surface area contributed by atoms with E-state index in [2.05, 4.69) is 14.9 Å². The average molecular weight is 461 g/mol. The van der Waals surface area contributed by atoms with E-state index in [1.165, 1.54) is 24.3 Å². The van der Waals surface area contributed by atoms with Gasteiger partial charge in [-0.1, -0.05) is 46.6 Å². The van der Waals surface area contributed by atoms with Gasteiger partial charge >= 0.3 is 0 Å². The van der Waals surface area contributed by atoms with Crippen LogP contribution in [0.4, 0.5) is 0 Å². The zero-order chi connectivity index (χ0) is 22.0. The molecule has 1 amide bonds. The van der Waals surface area contributed by atoms with Gasteiger partial charge in [0.1, 0.15) is 6.04 Å². The van der Waals surface area contributed by atoms with E-state index in [0.717, 1.165) is 17.5 Å². The molecule has 31 heavy (non-hydrogen) atoms. The van der Waals surface area contributed by atoms with E-state index in [4.69, 9.17) is 16.1 Å². The standard InChI is InChI=1S/C21H21ClN4O4S/c1-14-4-6-15(7-5-14)20-24-21(30-25-20)18-3-2-12-26(18)19(27)13-23-31(28,29)17-10-8-16(22)9-11-17/h4-11,18,23H,2-3,12-13H2,1H3/t18-/m1/s1. The van der Waals surface area contributed by atoms with Crippen LogP contribution in [0.1, 0.15) is 30.3 Å². The molecule has 0 aliphatic carbocycles. The van der Waals surface area contributed by atoms with Gasteiger partial charge in [0.25, 0.3) is 0 Å². The van der Waals surface area contributed by atoms with Gasteiger partial charge in [0.15, 0.2) is 0 Å². The number of benzene rings is 2. The molecule has 1 saturated heterocycles. The fourth-order valence-electron chi connectivity index (χ4n) is 3.47. The molecule has 0 unspecified atom stereocenters. The lowest BCUT2D eigenvalue weighted by molar-refractivity contribution is -0.131. The molecular formula is C21H21ClN4O4S. The number of halogens is 1. The van der Waals surface area contributed by atoms with Crippen LogP contribution in [-0.2, 0) is 14.8 Å². The monoisotopic (exact) mass is 460 g/mol. The zero-order valence-electron chi connectivity index (χ0n) is 16.8. The summed E-state index contributed by atoms with van der Waals surface area (Å²) in [6.45, 7) is 2.13. The summed E-state index contributed by atoms with van der Waals surface area (Å²) >= 11 is 5.80. The van der Waals surface area contributed by atoms with Crippen molar-refractivity contribution in [3.8, 4) is 11.4 Å². The molecule has 0 bridgehead atoms. The van der Waals surface area contributed by atoms with Gasteiger partial charge in [0.2, 0.25) is 27.6 Å². The van der Waals surface area contributed by atoms with Crippen molar-refractivity contribution in [2.75, 3.05) is 13.1 Å². The summed E-state index contributed by atoms with van der Waals surface area (Å²) in [5.41, 5.74) is 1.95. The van der Waals surface area contributed by atoms with Gasteiger partial charge in [-0.2, -0.15) is 4.98 Å². The molecular weight excluding hydrogens is 440 g/mol. The number of likely N-dealkylation sites (tertiary alicyclic amines) is 1. The first-order valence-electron chi connectivity index (χ1n) is 9.79. The van der Waals surface area contributed by atoms with Crippen molar-refractivity contribution < 1.29 is 17.7 Å². The first-order valence-corrected chi connectivity index (χ1v) is 11.6. The summed E-state index contributed by atoms with van der Waals surface area (Å²) in [4.78, 5) is 18.9. The average Bonchev–Trinajstić information content (AvgIpc) is 3.42. The number of carbonyl (C=O) groups is 1. The largest absolute Gasteiger partial charge is 0.337 e. The number of aryl methyl sites for hydroxylation is 1. The van der Waals surface area contributed by atoms with Gasteiger partial charge in [-0.3, -0.25) is 4.79 Å². The minimum Gasteiger partial charge on any atom is -0.337 e. The van der Waals surface area contributed by atoms with Gasteiger partial charge in [-0.25, -0.2) is 13.1 Å². The second-order valence-electron chi connectivity index (χ2n) is 7.35. The molecule has 1 atom stereocenters. The van der Waals surface area contributed by atoms with E-state index >= 15 is 0 Å². The fourth-order valence-corrected chi connectivity index (χ4v) is 4.57. The molecule has 1 aliphatic rings. The van der Waals surface area contributed by atoms with Crippen LogP contribution in [0, 0.1) is 6.92 Å². The number of sulfonamides is 1. The molecule has 1 aliphatic heterocycles. The van der Waals surface area contributed by atoms with Crippen LogP contribution in [0.3, 0.4) is 0 Å². The number of nitrogens with zero attached hydrogens (tertiary/aromatic N) is 3. The summed E-state index contributed by atoms with van der Waals surface area (Å²) in [5.74, 6) is 0.454. The summed E-state index contributed by atoms with van der Waals surface area (Å²) in [7, 11) is -3.83. The molecule has 1 fully saturated rings. The highest BCUT2D eigenvalue weighted by Crippen LogP contribution is 2.32. The van der Waals surface area contributed by atoms with Gasteiger partial charge in [-0.05, 0) is 44.0 Å². The quantitative estimate of drug-likeness (QED) is 0.604. The van der Waals surface area contributed by atoms with Crippen molar-refractivity contribution in [3.05, 3.63) is 65.0 Å². The second-order valence-corrected chi connectivity index (χ2v) is 9.55. The minimum atomic E-state index is -3.83. The van der Waals surface area contributed by atoms with E-state index in [1.807, 2.05) is 31.2 Å². The SMILES string of the molecule is Cc1ccc(-c2noc([C@H]3CCCN3C(=O)CNS(=O)(=O)c3ccc(Cl)cc3)n2)cc1. The van der Waals surface area contributed by atoms with E-state index in [1.54, 1.807) is 4.90 Å². The van der Waals surface area contributed by atoms with Crippen LogP contribution in [0.2, 0.25) is 5.02 Å². The Balaban J connectivity index is 1.44. The Kier molecular flexibility index (Phi) is 6.08. The second kappa shape index (κ2) is 8.78. The van der Waals surface area contributed by atoms with Gasteiger partial charge in [0, 0.05) is 17.1 Å². The number of hydrogen-bond donors (Lipinski definition) is 1. The predicted octanol–water partition coefficient (Wildman–Crippen LogP) is 3.34. The molecule has 1 N–H and O–H groups in total. The topological polar surface area (TPSA) is 105 Å². The van der Waals surface area contributed by atoms with Crippen molar-refractivity contribution in [1.29, 1.82) is 0 Å². The van der Waals surface area contributed by atoms with E-state index in [-0.39, 0.29) is 23.4 Å². The van der Waals surface area contributed by atoms with Crippen molar-refractivity contribution in [1.82, 2.24) is 19.8 Å². The lowest BCUT2D eigenvalue weighted by atomic mass is 10.1. The molecule has 0 spiro atoms. The number of amides is 1. The van der Waals surface area contributed by atoms with Crippen molar-refractivity contribution in [2.45, 2.75) is 30.7 Å². The maximum absolute atomic E-state index is 12.8. The van der Waals surface area contributed by atoms with Crippen LogP contribution in [0.5, 0.6) is 0 Å². The molecule has 2 heterocycles. The number of rotatable bonds is 6. The molecule has 1 aromatic heterocycles. The molecule has 162 valence electrons. The van der Waals surface area contributed by atoms with E-state index in [0.29, 0.717) is 29.7 Å². The highest BCUT2D eigenvalue weighted by Gasteiger charge is 2.34. The van der Waals surface area contributed by atoms with Crippen LogP contribution in [-0.4, -0.2) is 42.5 Å². The van der Waals surface area contributed by atoms with Crippen molar-refractivity contribution in [2.24, 2.45) is 0 Å². The third kappa shape index (κ3) is 4.79. The number of aromatic nitrogens is 2. The predicted molar refractivity (Wildman–Crippen MR) is 115 cm³/mol. The summed E-state index contributed by atoms with van der Waals surface area (Å²) in [5, 5.41) is 4.47. The Hall–Kier alpha value is -2.75. The maximum Gasteiger partial charge on any atom is 0.249 e. The number of nitrogens with one attached hydrogen (secondary N) is 1. The molecule has 2 aromatic carbocycles. The summed E-state index contributed by atoms with van der Waals surface area (Å²) in [6.07, 6.45) is 1.44. The minimum absolute atomic E-state index is 0.0438. The fraction of sp³-hybridized carbons (Fsp3) is 0.286. The van der Waals surface area contributed by atoms with Gasteiger partial charge < -0.3 is 9.42 Å². The van der Waals surface area contributed by atoms with Crippen LogP contribution >= 0.6 is 11.6 Å². The molecule has 0 saturated carbocycles. The number of carbonyl (C=O) groups excluding carboxylic acids is 1. The van der Waals surface area contributed by atoms with Crippen LogP contribution in [0.25, 0.3) is 11.4 Å². The van der Waals surface area contributed by atoms with Crippen molar-refractivity contribution in [3.63, 3.8) is 0 Å². The summed E-state index contributed by atoms with van der Waals surface area (Å²) < 4.78 is 32.6. The van der Waals surface area contributed by atoms with E-state index in [9.17, 15) is 13.2 Å². The molecule has 8 nitrogen and oxygen atoms in total. The normalized spacial score (nSPS) is 16.6. The third-order valence-corrected chi connectivity index (χ3v) is 6.82. The van der Waals surface area contributed by atoms with Gasteiger partial charge in [-0.15, -0.1) is 0 Å². The molecule has 4 rings (SSSR count). The van der Waals surface area contributed by atoms with Crippen LogP contribution in [0.15, 0.2) is 57.9 Å². The lowest BCUT2D eigenvalue weighted by Crippen LogP contribution is -2.39. The Labute approximate surface area is 185 Å². The molecule has 10 heteroatoms. The zero-order valence-corrected chi connectivity index (χ0v) is 18.4. The molecule has 0 radical (unpaired) electrons. The number of hydrogen-bond acceptors (Lipinski definition) is 6. The van der Waals surface area contributed by atoms with Crippen molar-refractivity contribution >= 4 is 27.5 Å². The Morgan fingerprint density at radius 1 is 1.19 bits per heavy atom. The smallest absolute Gasteiger partial charge is 0.249 e. The highest BCUT2D eigenvalue weighted by atomic mass is 35.5. The first kappa shape index (κ1) is 21.5. The van der Waals surface area contributed by atoms with E-state index < -0.39 is 10.0 Å². The molecule has 3 aromatic rings. The Bertz CT molecular complexity index is 1180. The summed E-state index contributed by atoms with van der Waals surface area (Å²) in [6, 6.07) is 13.1. The third-order valence-electron chi connectivity index (χ3n) is 5.15.